The van der Waals surface area contributed by atoms with Crippen molar-refractivity contribution in [1.82, 2.24) is 4.72 Å². The van der Waals surface area contributed by atoms with Crippen molar-refractivity contribution < 1.29 is 12.8 Å². The van der Waals surface area contributed by atoms with Crippen LogP contribution >= 0.6 is 51.1 Å². The first-order chi connectivity index (χ1) is 9.83. The molecular formula is C11H13BrClFN2O2S3. The van der Waals surface area contributed by atoms with Crippen LogP contribution < -0.4 is 10.5 Å². The SMILES string of the molecule is Nc1c(F)c(S(=O)(=O)NCC2CSCCS2)cc(Cl)c1Br. The van der Waals surface area contributed by atoms with Crippen molar-refractivity contribution in [2.24, 2.45) is 0 Å². The molecule has 1 saturated heterocycles. The average molecular weight is 436 g/mol. The molecule has 0 amide bonds. The Kier molecular flexibility index (Phi) is 6.12. The van der Waals surface area contributed by atoms with E-state index in [0.29, 0.717) is 0 Å². The highest BCUT2D eigenvalue weighted by Crippen LogP contribution is 2.34. The molecule has 118 valence electrons. The summed E-state index contributed by atoms with van der Waals surface area (Å²) in [6.07, 6.45) is 0. The Hall–Kier alpha value is 0.330. The van der Waals surface area contributed by atoms with Crippen molar-refractivity contribution in [3.05, 3.63) is 21.4 Å². The van der Waals surface area contributed by atoms with E-state index < -0.39 is 20.7 Å². The number of hydrogen-bond acceptors (Lipinski definition) is 5. The van der Waals surface area contributed by atoms with E-state index in [-0.39, 0.29) is 27.0 Å². The van der Waals surface area contributed by atoms with Gasteiger partial charge in [-0.05, 0) is 22.0 Å². The Balaban J connectivity index is 2.19. The van der Waals surface area contributed by atoms with Gasteiger partial charge in [0.1, 0.15) is 4.90 Å². The lowest BCUT2D eigenvalue weighted by atomic mass is 10.3. The van der Waals surface area contributed by atoms with Crippen molar-refractivity contribution in [1.29, 1.82) is 0 Å². The molecular weight excluding hydrogens is 423 g/mol. The number of anilines is 1. The minimum atomic E-state index is -3.98. The van der Waals surface area contributed by atoms with Gasteiger partial charge >= 0.3 is 0 Å². The third kappa shape index (κ3) is 4.20. The van der Waals surface area contributed by atoms with E-state index in [4.69, 9.17) is 17.3 Å². The summed E-state index contributed by atoms with van der Waals surface area (Å²) in [6, 6.07) is 1.06. The maximum atomic E-state index is 14.1. The van der Waals surface area contributed by atoms with Crippen LogP contribution in [0.1, 0.15) is 0 Å². The van der Waals surface area contributed by atoms with Crippen LogP contribution in [0.4, 0.5) is 10.1 Å². The molecule has 4 nitrogen and oxygen atoms in total. The van der Waals surface area contributed by atoms with E-state index >= 15 is 0 Å². The van der Waals surface area contributed by atoms with E-state index in [2.05, 4.69) is 20.7 Å². The number of sulfonamides is 1. The van der Waals surface area contributed by atoms with E-state index in [0.717, 1.165) is 23.3 Å². The number of halogens is 3. The number of nitrogens with two attached hydrogens (primary N) is 1. The van der Waals surface area contributed by atoms with Crippen LogP contribution in [0.3, 0.4) is 0 Å². The predicted octanol–water partition coefficient (Wildman–Crippen LogP) is 2.95. The quantitative estimate of drug-likeness (QED) is 0.562. The topological polar surface area (TPSA) is 72.2 Å². The van der Waals surface area contributed by atoms with E-state index in [1.807, 2.05) is 0 Å². The fourth-order valence-electron chi connectivity index (χ4n) is 1.73. The Morgan fingerprint density at radius 3 is 2.86 bits per heavy atom. The first-order valence-corrected chi connectivity index (χ1v) is 10.8. The smallest absolute Gasteiger partial charge is 0.243 e. The maximum Gasteiger partial charge on any atom is 0.243 e. The summed E-state index contributed by atoms with van der Waals surface area (Å²) in [5, 5.41) is 0.238. The second-order valence-electron chi connectivity index (χ2n) is 4.32. The molecule has 1 fully saturated rings. The second kappa shape index (κ2) is 7.27. The zero-order valence-corrected chi connectivity index (χ0v) is 15.5. The predicted molar refractivity (Wildman–Crippen MR) is 92.3 cm³/mol. The van der Waals surface area contributed by atoms with Crippen LogP contribution in [0.2, 0.25) is 5.02 Å². The molecule has 1 aromatic rings. The standard InChI is InChI=1S/C11H13BrClFN2O2S3/c12-9-7(13)3-8(10(14)11(9)15)21(17,18)16-4-6-5-19-1-2-20-6/h3,6,16H,1-2,4-5,15H2. The van der Waals surface area contributed by atoms with Gasteiger partial charge in [0.15, 0.2) is 5.82 Å². The Morgan fingerprint density at radius 2 is 2.24 bits per heavy atom. The fourth-order valence-corrected chi connectivity index (χ4v) is 6.21. The highest BCUT2D eigenvalue weighted by molar-refractivity contribution is 9.10. The normalized spacial score (nSPS) is 19.7. The fraction of sp³-hybridized carbons (Fsp3) is 0.455. The molecule has 0 bridgehead atoms. The van der Waals surface area contributed by atoms with Gasteiger partial charge in [-0.2, -0.15) is 23.5 Å². The van der Waals surface area contributed by atoms with Crippen LogP contribution in [0.5, 0.6) is 0 Å². The number of benzene rings is 1. The summed E-state index contributed by atoms with van der Waals surface area (Å²) in [5.41, 5.74) is 5.20. The molecule has 0 saturated carbocycles. The second-order valence-corrected chi connectivity index (χ2v) is 9.81. The molecule has 0 spiro atoms. The van der Waals surface area contributed by atoms with Gasteiger partial charge in [-0.3, -0.25) is 0 Å². The molecule has 1 unspecified atom stereocenters. The van der Waals surface area contributed by atoms with Gasteiger partial charge < -0.3 is 5.73 Å². The molecule has 0 aromatic heterocycles. The maximum absolute atomic E-state index is 14.1. The molecule has 1 heterocycles. The minimum absolute atomic E-state index is 0.0527. The number of thioether (sulfide) groups is 2. The number of nitrogen functional groups attached to an aromatic ring is 1. The molecule has 1 aliphatic heterocycles. The van der Waals surface area contributed by atoms with Gasteiger partial charge in [-0.25, -0.2) is 17.5 Å². The molecule has 1 aliphatic rings. The Morgan fingerprint density at radius 1 is 1.52 bits per heavy atom. The third-order valence-electron chi connectivity index (χ3n) is 2.83. The van der Waals surface area contributed by atoms with Crippen LogP contribution in [0, 0.1) is 5.82 Å². The van der Waals surface area contributed by atoms with Gasteiger partial charge in [0.2, 0.25) is 10.0 Å². The van der Waals surface area contributed by atoms with Crippen LogP contribution in [-0.2, 0) is 10.0 Å². The lowest BCUT2D eigenvalue weighted by Gasteiger charge is -2.21. The average Bonchev–Trinajstić information content (AvgIpc) is 2.48. The number of rotatable bonds is 4. The molecule has 3 N–H and O–H groups in total. The molecule has 2 rings (SSSR count). The number of nitrogens with one attached hydrogen (secondary N) is 1. The Labute approximate surface area is 144 Å². The summed E-state index contributed by atoms with van der Waals surface area (Å²) >= 11 is 12.4. The van der Waals surface area contributed by atoms with Crippen molar-refractivity contribution in [2.45, 2.75) is 10.1 Å². The van der Waals surface area contributed by atoms with Gasteiger partial charge in [-0.1, -0.05) is 11.6 Å². The monoisotopic (exact) mass is 434 g/mol. The highest BCUT2D eigenvalue weighted by Gasteiger charge is 2.25. The molecule has 0 radical (unpaired) electrons. The zero-order valence-electron chi connectivity index (χ0n) is 10.7. The molecule has 1 atom stereocenters. The molecule has 10 heteroatoms. The van der Waals surface area contributed by atoms with Crippen molar-refractivity contribution in [2.75, 3.05) is 29.5 Å². The van der Waals surface area contributed by atoms with E-state index in [1.54, 1.807) is 23.5 Å². The molecule has 1 aromatic carbocycles. The van der Waals surface area contributed by atoms with Crippen LogP contribution in [-0.4, -0.2) is 37.5 Å². The highest BCUT2D eigenvalue weighted by atomic mass is 79.9. The van der Waals surface area contributed by atoms with E-state index in [1.165, 1.54) is 0 Å². The summed E-state index contributed by atoms with van der Waals surface area (Å²) in [6.45, 7) is 0.257. The number of hydrogen-bond donors (Lipinski definition) is 2. The van der Waals surface area contributed by atoms with E-state index in [9.17, 15) is 12.8 Å². The molecule has 0 aliphatic carbocycles. The first kappa shape index (κ1) is 17.7. The first-order valence-electron chi connectivity index (χ1n) is 5.95. The lowest BCUT2D eigenvalue weighted by Crippen LogP contribution is -2.34. The summed E-state index contributed by atoms with van der Waals surface area (Å²) in [4.78, 5) is -0.526. The van der Waals surface area contributed by atoms with Crippen molar-refractivity contribution in [3.63, 3.8) is 0 Å². The zero-order chi connectivity index (χ0) is 15.6. The summed E-state index contributed by atoms with van der Waals surface area (Å²) in [5.74, 6) is 1.94. The van der Waals surface area contributed by atoms with Crippen molar-refractivity contribution in [3.8, 4) is 0 Å². The third-order valence-corrected chi connectivity index (χ3v) is 8.48. The van der Waals surface area contributed by atoms with Gasteiger partial charge in [0, 0.05) is 29.1 Å². The molecule has 21 heavy (non-hydrogen) atoms. The Bertz CT molecular complexity index is 639. The lowest BCUT2D eigenvalue weighted by molar-refractivity contribution is 0.558. The largest absolute Gasteiger partial charge is 0.395 e. The van der Waals surface area contributed by atoms with Gasteiger partial charge in [0.25, 0.3) is 0 Å². The van der Waals surface area contributed by atoms with Gasteiger partial charge in [0.05, 0.1) is 15.2 Å². The summed E-state index contributed by atoms with van der Waals surface area (Å²) < 4.78 is 41.1. The minimum Gasteiger partial charge on any atom is -0.395 e. The summed E-state index contributed by atoms with van der Waals surface area (Å²) in [7, 11) is -3.98. The van der Waals surface area contributed by atoms with Crippen LogP contribution in [0.15, 0.2) is 15.4 Å². The van der Waals surface area contributed by atoms with Crippen LogP contribution in [0.25, 0.3) is 0 Å². The van der Waals surface area contributed by atoms with Gasteiger partial charge in [-0.15, -0.1) is 0 Å². The van der Waals surface area contributed by atoms with Crippen molar-refractivity contribution >= 4 is 66.8 Å².